The minimum absolute atomic E-state index is 0.369. The van der Waals surface area contributed by atoms with Crippen LogP contribution in [-0.4, -0.2) is 6.18 Å². The normalized spacial score (nSPS) is 36.8. The molecule has 3 heteroatoms. The summed E-state index contributed by atoms with van der Waals surface area (Å²) in [5.74, 6) is 0.231. The third-order valence-electron chi connectivity index (χ3n) is 5.52. The lowest BCUT2D eigenvalue weighted by atomic mass is 9.73. The fraction of sp³-hybridized carbons (Fsp3) is 1.00. The molecule has 0 bridgehead atoms. The van der Waals surface area contributed by atoms with Crippen molar-refractivity contribution in [3.8, 4) is 0 Å². The summed E-state index contributed by atoms with van der Waals surface area (Å²) in [6.45, 7) is 4.66. The van der Waals surface area contributed by atoms with Crippen molar-refractivity contribution in [2.45, 2.75) is 77.8 Å². The first-order chi connectivity index (χ1) is 8.78. The van der Waals surface area contributed by atoms with Crippen molar-refractivity contribution in [2.75, 3.05) is 0 Å². The molecule has 0 aliphatic heterocycles. The molecule has 112 valence electrons. The molecule has 0 N–H and O–H groups in total. The van der Waals surface area contributed by atoms with Crippen LogP contribution in [0.1, 0.15) is 71.6 Å². The first-order valence-corrected chi connectivity index (χ1v) is 7.85. The smallest absolute Gasteiger partial charge is 0.171 e. The zero-order valence-electron chi connectivity index (χ0n) is 12.2. The number of alkyl halides is 3. The Morgan fingerprint density at radius 1 is 0.789 bits per heavy atom. The molecule has 2 rings (SSSR count). The molecule has 0 aromatic carbocycles. The average molecular weight is 276 g/mol. The summed E-state index contributed by atoms with van der Waals surface area (Å²) in [4.78, 5) is 0. The first kappa shape index (κ1) is 15.2. The minimum Gasteiger partial charge on any atom is -0.171 e. The molecule has 0 aromatic heterocycles. The van der Waals surface area contributed by atoms with Gasteiger partial charge in [0.1, 0.15) is 0 Å². The van der Waals surface area contributed by atoms with Crippen LogP contribution in [0.2, 0.25) is 0 Å². The van der Waals surface area contributed by atoms with Gasteiger partial charge in [0.25, 0.3) is 0 Å². The lowest BCUT2D eigenvalue weighted by Crippen LogP contribution is -2.30. The van der Waals surface area contributed by atoms with E-state index in [4.69, 9.17) is 0 Å². The number of hydrogen-bond acceptors (Lipinski definition) is 0. The first-order valence-electron chi connectivity index (χ1n) is 7.85. The Hall–Kier alpha value is -0.210. The van der Waals surface area contributed by atoms with Crippen LogP contribution in [0.3, 0.4) is 0 Å². The maximum atomic E-state index is 12.7. The van der Waals surface area contributed by atoms with E-state index in [1.165, 1.54) is 32.1 Å². The molecule has 19 heavy (non-hydrogen) atoms. The van der Waals surface area contributed by atoms with E-state index in [-0.39, 0.29) is 0 Å². The van der Waals surface area contributed by atoms with Crippen molar-refractivity contribution >= 4 is 0 Å². The van der Waals surface area contributed by atoms with Gasteiger partial charge in [0, 0.05) is 0 Å². The largest absolute Gasteiger partial charge is 0.391 e. The van der Waals surface area contributed by atoms with Gasteiger partial charge in [-0.2, -0.15) is 13.2 Å². The Bertz CT molecular complexity index is 285. The lowest BCUT2D eigenvalue weighted by Gasteiger charge is -2.34. The molecule has 0 aromatic rings. The van der Waals surface area contributed by atoms with Gasteiger partial charge in [-0.15, -0.1) is 0 Å². The van der Waals surface area contributed by atoms with E-state index >= 15 is 0 Å². The zero-order chi connectivity index (χ0) is 14.1. The molecular formula is C16H27F3. The van der Waals surface area contributed by atoms with Crippen LogP contribution in [0.4, 0.5) is 13.2 Å². The van der Waals surface area contributed by atoms with Crippen molar-refractivity contribution < 1.29 is 13.2 Å². The van der Waals surface area contributed by atoms with Crippen LogP contribution in [0.5, 0.6) is 0 Å². The van der Waals surface area contributed by atoms with Crippen molar-refractivity contribution in [3.63, 3.8) is 0 Å². The van der Waals surface area contributed by atoms with Crippen LogP contribution < -0.4 is 0 Å². The third-order valence-corrected chi connectivity index (χ3v) is 5.52. The summed E-state index contributed by atoms with van der Waals surface area (Å²) in [6.07, 6.45) is 4.64. The standard InChI is InChI=1S/C16H27F3/c1-15(2)10-3-4-12(9-11-15)13-5-7-14(8-6-13)16(17,18)19/h12-14H,3-11H2,1-2H3. The highest BCUT2D eigenvalue weighted by molar-refractivity contribution is 4.84. The van der Waals surface area contributed by atoms with Gasteiger partial charge in [0.2, 0.25) is 0 Å². The Morgan fingerprint density at radius 3 is 1.95 bits per heavy atom. The van der Waals surface area contributed by atoms with Crippen LogP contribution in [0.15, 0.2) is 0 Å². The highest BCUT2D eigenvalue weighted by Crippen LogP contribution is 2.46. The Labute approximate surface area is 115 Å². The predicted molar refractivity (Wildman–Crippen MR) is 71.9 cm³/mol. The van der Waals surface area contributed by atoms with Crippen molar-refractivity contribution in [1.82, 2.24) is 0 Å². The van der Waals surface area contributed by atoms with Crippen molar-refractivity contribution in [2.24, 2.45) is 23.2 Å². The highest BCUT2D eigenvalue weighted by Gasteiger charge is 2.42. The van der Waals surface area contributed by atoms with Gasteiger partial charge in [0.15, 0.2) is 0 Å². The summed E-state index contributed by atoms with van der Waals surface area (Å²) >= 11 is 0. The summed E-state index contributed by atoms with van der Waals surface area (Å²) in [6, 6.07) is 0. The van der Waals surface area contributed by atoms with Gasteiger partial charge in [-0.05, 0) is 62.2 Å². The van der Waals surface area contributed by atoms with E-state index in [0.29, 0.717) is 30.1 Å². The SMILES string of the molecule is CC1(C)CCCC(C2CCC(C(F)(F)F)CC2)CC1. The van der Waals surface area contributed by atoms with E-state index in [9.17, 15) is 13.2 Å². The molecule has 1 unspecified atom stereocenters. The molecule has 0 amide bonds. The van der Waals surface area contributed by atoms with E-state index < -0.39 is 12.1 Å². The molecule has 2 saturated carbocycles. The number of rotatable bonds is 1. The topological polar surface area (TPSA) is 0 Å². The Morgan fingerprint density at radius 2 is 1.37 bits per heavy atom. The van der Waals surface area contributed by atoms with Crippen LogP contribution in [-0.2, 0) is 0 Å². The average Bonchev–Trinajstić information content (AvgIpc) is 2.49. The maximum absolute atomic E-state index is 12.7. The minimum atomic E-state index is -3.96. The van der Waals surface area contributed by atoms with Gasteiger partial charge >= 0.3 is 6.18 Å². The van der Waals surface area contributed by atoms with Gasteiger partial charge < -0.3 is 0 Å². The van der Waals surface area contributed by atoms with Crippen LogP contribution >= 0.6 is 0 Å². The quantitative estimate of drug-likeness (QED) is 0.518. The summed E-state index contributed by atoms with van der Waals surface area (Å²) in [5.41, 5.74) is 0.442. The molecule has 2 aliphatic rings. The van der Waals surface area contributed by atoms with E-state index in [2.05, 4.69) is 13.8 Å². The van der Waals surface area contributed by atoms with Crippen LogP contribution in [0.25, 0.3) is 0 Å². The Balaban J connectivity index is 1.84. The fourth-order valence-corrected chi connectivity index (χ4v) is 4.08. The second-order valence-corrected chi connectivity index (χ2v) is 7.51. The zero-order valence-corrected chi connectivity index (χ0v) is 12.2. The predicted octanol–water partition coefficient (Wildman–Crippen LogP) is 5.96. The monoisotopic (exact) mass is 276 g/mol. The van der Waals surface area contributed by atoms with E-state index in [1.807, 2.05) is 0 Å². The van der Waals surface area contributed by atoms with Gasteiger partial charge in [-0.1, -0.05) is 26.7 Å². The summed E-state index contributed by atoms with van der Waals surface area (Å²) in [5, 5.41) is 0. The van der Waals surface area contributed by atoms with Crippen molar-refractivity contribution in [1.29, 1.82) is 0 Å². The summed E-state index contributed by atoms with van der Waals surface area (Å²) < 4.78 is 38.0. The summed E-state index contributed by atoms with van der Waals surface area (Å²) in [7, 11) is 0. The molecule has 2 aliphatic carbocycles. The second kappa shape index (κ2) is 5.65. The van der Waals surface area contributed by atoms with Gasteiger partial charge in [-0.25, -0.2) is 0 Å². The molecule has 0 radical (unpaired) electrons. The molecule has 2 fully saturated rings. The maximum Gasteiger partial charge on any atom is 0.391 e. The fourth-order valence-electron chi connectivity index (χ4n) is 4.08. The lowest BCUT2D eigenvalue weighted by molar-refractivity contribution is -0.184. The molecule has 0 nitrogen and oxygen atoms in total. The van der Waals surface area contributed by atoms with Gasteiger partial charge in [0.05, 0.1) is 5.92 Å². The van der Waals surface area contributed by atoms with E-state index in [1.54, 1.807) is 0 Å². The highest BCUT2D eigenvalue weighted by atomic mass is 19.4. The third kappa shape index (κ3) is 4.13. The molecule has 0 saturated heterocycles. The molecule has 0 spiro atoms. The van der Waals surface area contributed by atoms with Gasteiger partial charge in [-0.3, -0.25) is 0 Å². The van der Waals surface area contributed by atoms with Crippen molar-refractivity contribution in [3.05, 3.63) is 0 Å². The second-order valence-electron chi connectivity index (χ2n) is 7.51. The molecule has 0 heterocycles. The molecular weight excluding hydrogens is 249 g/mol. The number of hydrogen-bond donors (Lipinski definition) is 0. The van der Waals surface area contributed by atoms with E-state index in [0.717, 1.165) is 12.8 Å². The number of halogens is 3. The Kier molecular flexibility index (Phi) is 4.52. The van der Waals surface area contributed by atoms with Crippen LogP contribution in [0, 0.1) is 23.2 Å². The molecule has 1 atom stereocenters.